The van der Waals surface area contributed by atoms with Crippen LogP contribution in [0.5, 0.6) is 0 Å². The molecule has 4 nitrogen and oxygen atoms in total. The summed E-state index contributed by atoms with van der Waals surface area (Å²) in [5.74, 6) is 0. The number of anilines is 1. The van der Waals surface area contributed by atoms with Crippen LogP contribution in [0.3, 0.4) is 0 Å². The molecule has 0 bridgehead atoms. The second kappa shape index (κ2) is 4.35. The van der Waals surface area contributed by atoms with E-state index in [4.69, 9.17) is 0 Å². The summed E-state index contributed by atoms with van der Waals surface area (Å²) < 4.78 is 0. The summed E-state index contributed by atoms with van der Waals surface area (Å²) in [5, 5.41) is 4.15. The topological polar surface area (TPSA) is 50.7 Å². The number of aryl methyl sites for hydroxylation is 1. The van der Waals surface area contributed by atoms with Gasteiger partial charge in [0.05, 0.1) is 16.3 Å². The molecule has 15 heavy (non-hydrogen) atoms. The SMILES string of the molecule is CCNc1nc(C)c(-c2ccncn2)s1. The van der Waals surface area contributed by atoms with Gasteiger partial charge in [0, 0.05) is 12.7 Å². The van der Waals surface area contributed by atoms with Crippen LogP contribution in [-0.4, -0.2) is 21.5 Å². The Morgan fingerprint density at radius 2 is 2.33 bits per heavy atom. The first-order valence-electron chi connectivity index (χ1n) is 4.79. The summed E-state index contributed by atoms with van der Waals surface area (Å²) in [4.78, 5) is 13.6. The number of nitrogens with zero attached hydrogens (tertiary/aromatic N) is 3. The van der Waals surface area contributed by atoms with Crippen molar-refractivity contribution in [3.05, 3.63) is 24.3 Å². The summed E-state index contributed by atoms with van der Waals surface area (Å²) >= 11 is 1.62. The zero-order valence-corrected chi connectivity index (χ0v) is 9.51. The monoisotopic (exact) mass is 220 g/mol. The molecule has 0 unspecified atom stereocenters. The Labute approximate surface area is 92.4 Å². The van der Waals surface area contributed by atoms with E-state index in [0.717, 1.165) is 27.9 Å². The maximum atomic E-state index is 4.42. The first-order chi connectivity index (χ1) is 7.31. The van der Waals surface area contributed by atoms with Crippen molar-refractivity contribution < 1.29 is 0 Å². The highest BCUT2D eigenvalue weighted by molar-refractivity contribution is 7.19. The molecule has 0 aliphatic carbocycles. The fourth-order valence-corrected chi connectivity index (χ4v) is 2.30. The molecular weight excluding hydrogens is 208 g/mol. The summed E-state index contributed by atoms with van der Waals surface area (Å²) in [6.07, 6.45) is 3.30. The van der Waals surface area contributed by atoms with E-state index in [2.05, 4.69) is 27.2 Å². The molecule has 0 saturated carbocycles. The Hall–Kier alpha value is -1.49. The molecular formula is C10H12N4S. The maximum Gasteiger partial charge on any atom is 0.183 e. The normalized spacial score (nSPS) is 10.3. The summed E-state index contributed by atoms with van der Waals surface area (Å²) in [7, 11) is 0. The molecule has 0 fully saturated rings. The lowest BCUT2D eigenvalue weighted by molar-refractivity contribution is 1.15. The van der Waals surface area contributed by atoms with Crippen molar-refractivity contribution in [1.29, 1.82) is 0 Å². The third kappa shape index (κ3) is 2.12. The Morgan fingerprint density at radius 1 is 1.47 bits per heavy atom. The lowest BCUT2D eigenvalue weighted by Crippen LogP contribution is -1.94. The van der Waals surface area contributed by atoms with Gasteiger partial charge in [0.15, 0.2) is 5.13 Å². The van der Waals surface area contributed by atoms with E-state index in [1.165, 1.54) is 0 Å². The highest BCUT2D eigenvalue weighted by Crippen LogP contribution is 2.30. The van der Waals surface area contributed by atoms with Gasteiger partial charge in [-0.3, -0.25) is 0 Å². The molecule has 0 aromatic carbocycles. The molecule has 0 aliphatic heterocycles. The maximum absolute atomic E-state index is 4.42. The zero-order chi connectivity index (χ0) is 10.7. The van der Waals surface area contributed by atoms with E-state index in [0.29, 0.717) is 0 Å². The summed E-state index contributed by atoms with van der Waals surface area (Å²) in [6.45, 7) is 4.94. The standard InChI is InChI=1S/C10H12N4S/c1-3-12-10-14-7(2)9(15-10)8-4-5-11-6-13-8/h4-6H,3H2,1-2H3,(H,12,14). The molecule has 0 spiro atoms. The number of hydrogen-bond acceptors (Lipinski definition) is 5. The second-order valence-electron chi connectivity index (χ2n) is 3.06. The molecule has 5 heteroatoms. The van der Waals surface area contributed by atoms with Gasteiger partial charge in [0.1, 0.15) is 6.33 Å². The number of rotatable bonds is 3. The molecule has 0 saturated heterocycles. The molecule has 2 rings (SSSR count). The Morgan fingerprint density at radius 3 is 3.00 bits per heavy atom. The third-order valence-electron chi connectivity index (χ3n) is 1.94. The van der Waals surface area contributed by atoms with E-state index in [9.17, 15) is 0 Å². The van der Waals surface area contributed by atoms with E-state index >= 15 is 0 Å². The first kappa shape index (κ1) is 10.0. The minimum atomic E-state index is 0.885. The van der Waals surface area contributed by atoms with E-state index in [-0.39, 0.29) is 0 Å². The molecule has 78 valence electrons. The van der Waals surface area contributed by atoms with Gasteiger partial charge in [-0.05, 0) is 19.9 Å². The number of aromatic nitrogens is 3. The van der Waals surface area contributed by atoms with Gasteiger partial charge in [0.25, 0.3) is 0 Å². The fraction of sp³-hybridized carbons (Fsp3) is 0.300. The van der Waals surface area contributed by atoms with Gasteiger partial charge < -0.3 is 5.32 Å². The average molecular weight is 220 g/mol. The van der Waals surface area contributed by atoms with Crippen LogP contribution < -0.4 is 5.32 Å². The number of hydrogen-bond donors (Lipinski definition) is 1. The van der Waals surface area contributed by atoms with Gasteiger partial charge in [0.2, 0.25) is 0 Å². The molecule has 2 aromatic rings. The van der Waals surface area contributed by atoms with Crippen molar-refractivity contribution in [2.24, 2.45) is 0 Å². The number of thiazole rings is 1. The van der Waals surface area contributed by atoms with Gasteiger partial charge in [-0.2, -0.15) is 0 Å². The smallest absolute Gasteiger partial charge is 0.183 e. The van der Waals surface area contributed by atoms with E-state index in [1.54, 1.807) is 23.9 Å². The largest absolute Gasteiger partial charge is 0.362 e. The highest BCUT2D eigenvalue weighted by Gasteiger charge is 2.09. The molecule has 0 amide bonds. The highest BCUT2D eigenvalue weighted by atomic mass is 32.1. The molecule has 0 aliphatic rings. The van der Waals surface area contributed by atoms with Crippen molar-refractivity contribution in [3.8, 4) is 10.6 Å². The van der Waals surface area contributed by atoms with Crippen LogP contribution >= 0.6 is 11.3 Å². The Bertz CT molecular complexity index is 438. The van der Waals surface area contributed by atoms with E-state index < -0.39 is 0 Å². The van der Waals surface area contributed by atoms with Crippen LogP contribution in [-0.2, 0) is 0 Å². The lowest BCUT2D eigenvalue weighted by atomic mass is 10.3. The quantitative estimate of drug-likeness (QED) is 0.862. The lowest BCUT2D eigenvalue weighted by Gasteiger charge is -1.95. The van der Waals surface area contributed by atoms with Crippen LogP contribution in [0.25, 0.3) is 10.6 Å². The van der Waals surface area contributed by atoms with Gasteiger partial charge in [-0.25, -0.2) is 15.0 Å². The van der Waals surface area contributed by atoms with Crippen molar-refractivity contribution in [2.75, 3.05) is 11.9 Å². The van der Waals surface area contributed by atoms with Crippen LogP contribution in [0.15, 0.2) is 18.6 Å². The van der Waals surface area contributed by atoms with Crippen molar-refractivity contribution in [1.82, 2.24) is 15.0 Å². The molecule has 2 heterocycles. The van der Waals surface area contributed by atoms with Crippen LogP contribution in [0.4, 0.5) is 5.13 Å². The molecule has 0 atom stereocenters. The third-order valence-corrected chi connectivity index (χ3v) is 3.08. The minimum absolute atomic E-state index is 0.885. The van der Waals surface area contributed by atoms with Crippen LogP contribution in [0, 0.1) is 6.92 Å². The first-order valence-corrected chi connectivity index (χ1v) is 5.60. The van der Waals surface area contributed by atoms with Crippen LogP contribution in [0.2, 0.25) is 0 Å². The van der Waals surface area contributed by atoms with Crippen molar-refractivity contribution in [3.63, 3.8) is 0 Å². The number of nitrogens with one attached hydrogen (secondary N) is 1. The Balaban J connectivity index is 2.36. The van der Waals surface area contributed by atoms with Crippen molar-refractivity contribution >= 4 is 16.5 Å². The van der Waals surface area contributed by atoms with Crippen LogP contribution in [0.1, 0.15) is 12.6 Å². The summed E-state index contributed by atoms with van der Waals surface area (Å²) in [6, 6.07) is 1.90. The Kier molecular flexibility index (Phi) is 2.91. The molecule has 0 radical (unpaired) electrons. The van der Waals surface area contributed by atoms with Gasteiger partial charge in [-0.15, -0.1) is 0 Å². The fourth-order valence-electron chi connectivity index (χ4n) is 1.29. The predicted octanol–water partition coefficient (Wildman–Crippen LogP) is 2.34. The summed E-state index contributed by atoms with van der Waals surface area (Å²) in [5.41, 5.74) is 1.94. The zero-order valence-electron chi connectivity index (χ0n) is 8.69. The molecule has 1 N–H and O–H groups in total. The van der Waals surface area contributed by atoms with Gasteiger partial charge >= 0.3 is 0 Å². The average Bonchev–Trinajstić information content (AvgIpc) is 2.61. The predicted molar refractivity (Wildman–Crippen MR) is 62.0 cm³/mol. The minimum Gasteiger partial charge on any atom is -0.362 e. The van der Waals surface area contributed by atoms with Gasteiger partial charge in [-0.1, -0.05) is 11.3 Å². The second-order valence-corrected chi connectivity index (χ2v) is 4.06. The molecule has 2 aromatic heterocycles. The van der Waals surface area contributed by atoms with Crippen molar-refractivity contribution in [2.45, 2.75) is 13.8 Å². The van der Waals surface area contributed by atoms with E-state index in [1.807, 2.05) is 13.0 Å².